The Kier molecular flexibility index (Phi) is 5.88. The highest BCUT2D eigenvalue weighted by Crippen LogP contribution is 2.25. The lowest BCUT2D eigenvalue weighted by Gasteiger charge is -2.13. The lowest BCUT2D eigenvalue weighted by Crippen LogP contribution is -2.24. The Hall–Kier alpha value is -3.40. The molecule has 0 aliphatic carbocycles. The number of rotatable bonds is 5. The molecule has 164 valence electrons. The topological polar surface area (TPSA) is 108 Å². The summed E-state index contributed by atoms with van der Waals surface area (Å²) in [5.74, 6) is 0.571. The van der Waals surface area contributed by atoms with Gasteiger partial charge in [-0.15, -0.1) is 0 Å². The van der Waals surface area contributed by atoms with Crippen molar-refractivity contribution in [2.24, 2.45) is 0 Å². The molecule has 0 aliphatic heterocycles. The number of hydrogen-bond acceptors (Lipinski definition) is 6. The van der Waals surface area contributed by atoms with Crippen LogP contribution in [0.1, 0.15) is 32.9 Å². The maximum atomic E-state index is 12.7. The predicted octanol–water partition coefficient (Wildman–Crippen LogP) is 3.46. The van der Waals surface area contributed by atoms with Gasteiger partial charge in [0.15, 0.2) is 0 Å². The predicted molar refractivity (Wildman–Crippen MR) is 125 cm³/mol. The van der Waals surface area contributed by atoms with Crippen LogP contribution in [-0.2, 0) is 16.8 Å². The highest BCUT2D eigenvalue weighted by molar-refractivity contribution is 9.10. The average Bonchev–Trinajstić information content (AvgIpc) is 3.18. The molecule has 3 heterocycles. The van der Waals surface area contributed by atoms with Crippen LogP contribution in [-0.4, -0.2) is 35.2 Å². The summed E-state index contributed by atoms with van der Waals surface area (Å²) in [6.07, 6.45) is 4.78. The zero-order valence-electron chi connectivity index (χ0n) is 17.9. The van der Waals surface area contributed by atoms with Crippen LogP contribution in [0.3, 0.4) is 0 Å². The second-order valence-electron chi connectivity index (χ2n) is 8.33. The van der Waals surface area contributed by atoms with Gasteiger partial charge in [0.1, 0.15) is 5.82 Å². The molecule has 0 saturated heterocycles. The van der Waals surface area contributed by atoms with E-state index in [2.05, 4.69) is 41.3 Å². The molecular formula is C22H22BrN7O2. The van der Waals surface area contributed by atoms with Gasteiger partial charge in [-0.3, -0.25) is 14.2 Å². The number of nitrogens with zero attached hydrogens (tertiary/aromatic N) is 6. The Morgan fingerprint density at radius 1 is 1.12 bits per heavy atom. The summed E-state index contributed by atoms with van der Waals surface area (Å²) in [7, 11) is 0. The van der Waals surface area contributed by atoms with Crippen LogP contribution < -0.4 is 10.9 Å². The summed E-state index contributed by atoms with van der Waals surface area (Å²) in [5.41, 5.74) is 0.987. The molecule has 1 aromatic carbocycles. The molecule has 1 N–H and O–H groups in total. The van der Waals surface area contributed by atoms with Crippen molar-refractivity contribution in [3.05, 3.63) is 69.6 Å². The van der Waals surface area contributed by atoms with E-state index in [1.54, 1.807) is 30.6 Å². The number of anilines is 1. The largest absolute Gasteiger partial charge is 0.310 e. The number of amides is 1. The summed E-state index contributed by atoms with van der Waals surface area (Å²) in [6.45, 7) is 6.31. The van der Waals surface area contributed by atoms with Gasteiger partial charge in [-0.1, -0.05) is 36.7 Å². The molecule has 0 spiro atoms. The van der Waals surface area contributed by atoms with Crippen LogP contribution in [0.2, 0.25) is 0 Å². The second-order valence-corrected chi connectivity index (χ2v) is 9.24. The lowest BCUT2D eigenvalue weighted by molar-refractivity contribution is -0.116. The van der Waals surface area contributed by atoms with E-state index in [0.29, 0.717) is 22.7 Å². The van der Waals surface area contributed by atoms with E-state index in [1.807, 2.05) is 32.9 Å². The van der Waals surface area contributed by atoms with Crippen LogP contribution in [0, 0.1) is 0 Å². The number of aromatic nitrogens is 6. The molecule has 32 heavy (non-hydrogen) atoms. The van der Waals surface area contributed by atoms with Crippen LogP contribution >= 0.6 is 15.9 Å². The molecule has 4 aromatic rings. The highest BCUT2D eigenvalue weighted by atomic mass is 79.9. The van der Waals surface area contributed by atoms with Crippen molar-refractivity contribution in [1.82, 2.24) is 29.3 Å². The molecule has 0 fully saturated rings. The van der Waals surface area contributed by atoms with Gasteiger partial charge in [-0.2, -0.15) is 9.78 Å². The molecule has 9 nitrogen and oxygen atoms in total. The first-order chi connectivity index (χ1) is 15.2. The quantitative estimate of drug-likeness (QED) is 0.454. The van der Waals surface area contributed by atoms with Crippen molar-refractivity contribution >= 4 is 38.6 Å². The van der Waals surface area contributed by atoms with Crippen molar-refractivity contribution in [2.75, 3.05) is 5.32 Å². The number of aryl methyl sites for hydroxylation is 1. The van der Waals surface area contributed by atoms with Gasteiger partial charge in [-0.25, -0.2) is 15.0 Å². The molecule has 0 saturated carbocycles. The summed E-state index contributed by atoms with van der Waals surface area (Å²) >= 11 is 3.37. The van der Waals surface area contributed by atoms with Gasteiger partial charge in [0.05, 0.1) is 22.9 Å². The minimum Gasteiger partial charge on any atom is -0.310 e. The van der Waals surface area contributed by atoms with Crippen LogP contribution in [0.25, 0.3) is 16.9 Å². The van der Waals surface area contributed by atoms with Crippen LogP contribution in [0.4, 0.5) is 5.82 Å². The normalized spacial score (nSPS) is 11.6. The second kappa shape index (κ2) is 8.62. The number of nitrogens with one attached hydrogen (secondary N) is 1. The average molecular weight is 496 g/mol. The van der Waals surface area contributed by atoms with Crippen LogP contribution in [0.5, 0.6) is 0 Å². The zero-order valence-corrected chi connectivity index (χ0v) is 19.5. The maximum absolute atomic E-state index is 12.7. The zero-order chi connectivity index (χ0) is 22.9. The summed E-state index contributed by atoms with van der Waals surface area (Å²) in [6, 6.07) is 8.86. The van der Waals surface area contributed by atoms with Crippen molar-refractivity contribution in [3.8, 4) is 5.95 Å². The third-order valence-corrected chi connectivity index (χ3v) is 5.35. The number of hydrogen-bond donors (Lipinski definition) is 1. The van der Waals surface area contributed by atoms with E-state index in [9.17, 15) is 9.59 Å². The first kappa shape index (κ1) is 21.8. The van der Waals surface area contributed by atoms with Crippen molar-refractivity contribution < 1.29 is 4.79 Å². The summed E-state index contributed by atoms with van der Waals surface area (Å²) in [5, 5.41) is 7.96. The maximum Gasteiger partial charge on any atom is 0.261 e. The van der Waals surface area contributed by atoms with Crippen molar-refractivity contribution in [2.45, 2.75) is 39.2 Å². The monoisotopic (exact) mass is 495 g/mol. The van der Waals surface area contributed by atoms with Gasteiger partial charge in [-0.05, 0) is 24.3 Å². The van der Waals surface area contributed by atoms with Gasteiger partial charge in [0, 0.05) is 41.3 Å². The van der Waals surface area contributed by atoms with Gasteiger partial charge < -0.3 is 5.32 Å². The number of fused-ring (bicyclic) bond motifs is 1. The Balaban J connectivity index is 1.55. The van der Waals surface area contributed by atoms with E-state index in [-0.39, 0.29) is 29.8 Å². The fourth-order valence-corrected chi connectivity index (χ4v) is 3.47. The third-order valence-electron chi connectivity index (χ3n) is 4.85. The van der Waals surface area contributed by atoms with Crippen molar-refractivity contribution in [1.29, 1.82) is 0 Å². The number of carbonyl (C=O) groups excluding carboxylic acids is 1. The van der Waals surface area contributed by atoms with E-state index >= 15 is 0 Å². The molecule has 0 atom stereocenters. The molecule has 4 rings (SSSR count). The lowest BCUT2D eigenvalue weighted by atomic mass is 9.92. The fourth-order valence-electron chi connectivity index (χ4n) is 3.11. The van der Waals surface area contributed by atoms with Gasteiger partial charge >= 0.3 is 0 Å². The molecule has 0 bridgehead atoms. The van der Waals surface area contributed by atoms with Crippen molar-refractivity contribution in [3.63, 3.8) is 0 Å². The van der Waals surface area contributed by atoms with E-state index in [4.69, 9.17) is 0 Å². The summed E-state index contributed by atoms with van der Waals surface area (Å²) in [4.78, 5) is 38.2. The van der Waals surface area contributed by atoms with E-state index in [0.717, 1.165) is 10.2 Å². The Morgan fingerprint density at radius 3 is 2.59 bits per heavy atom. The van der Waals surface area contributed by atoms with E-state index in [1.165, 1.54) is 15.6 Å². The van der Waals surface area contributed by atoms with Gasteiger partial charge in [0.2, 0.25) is 5.91 Å². The molecule has 10 heteroatoms. The SMILES string of the molecule is CC(C)(C)c1cc(NC(=O)CCn2cnc3ccc(Br)cc3c2=O)n(-c2ncccn2)n1. The molecule has 0 unspecified atom stereocenters. The Bertz CT molecular complexity index is 1340. The fraction of sp³-hybridized carbons (Fsp3) is 0.273. The third kappa shape index (κ3) is 4.59. The highest BCUT2D eigenvalue weighted by Gasteiger charge is 2.22. The Labute approximate surface area is 192 Å². The number of carbonyl (C=O) groups is 1. The molecule has 1 amide bonds. The Morgan fingerprint density at radius 2 is 1.88 bits per heavy atom. The molecular weight excluding hydrogens is 474 g/mol. The first-order valence-corrected chi connectivity index (χ1v) is 10.8. The minimum absolute atomic E-state index is 0.0901. The van der Waals surface area contributed by atoms with E-state index < -0.39 is 0 Å². The molecule has 0 radical (unpaired) electrons. The molecule has 3 aromatic heterocycles. The van der Waals surface area contributed by atoms with Gasteiger partial charge in [0.25, 0.3) is 11.5 Å². The first-order valence-electron chi connectivity index (χ1n) is 10.0. The summed E-state index contributed by atoms with van der Waals surface area (Å²) < 4.78 is 3.75. The standard InChI is InChI=1S/C22H22BrN7O2/c1-22(2,3)17-12-18(30(28-17)21-24-8-4-9-25-21)27-19(31)7-10-29-13-26-16-6-5-14(23)11-15(16)20(29)32/h4-6,8-9,11-13H,7,10H2,1-3H3,(H,27,31). The smallest absolute Gasteiger partial charge is 0.261 e. The van der Waals surface area contributed by atoms with Crippen LogP contribution in [0.15, 0.2) is 58.3 Å². The number of halogens is 1. The molecule has 0 aliphatic rings. The minimum atomic E-state index is -0.260. The number of benzene rings is 1.